The SMILES string of the molecule is CC(C)(C)OC(=O)N1CCC[C@@]1(C)c1nn2ccc(C(N)=O)c2c(=O)[nH]1. The molecule has 1 aliphatic rings. The van der Waals surface area contributed by atoms with Crippen LogP contribution in [0.2, 0.25) is 0 Å². The molecule has 2 aromatic rings. The van der Waals surface area contributed by atoms with Crippen LogP contribution < -0.4 is 11.3 Å². The second-order valence-electron chi connectivity index (χ2n) is 7.70. The van der Waals surface area contributed by atoms with Crippen molar-refractivity contribution in [1.29, 1.82) is 0 Å². The third-order valence-electron chi connectivity index (χ3n) is 4.55. The first-order chi connectivity index (χ1) is 12.0. The van der Waals surface area contributed by atoms with Crippen LogP contribution in [0.4, 0.5) is 4.79 Å². The van der Waals surface area contributed by atoms with E-state index in [1.807, 2.05) is 6.92 Å². The molecule has 9 nitrogen and oxygen atoms in total. The summed E-state index contributed by atoms with van der Waals surface area (Å²) in [5, 5.41) is 4.43. The van der Waals surface area contributed by atoms with Crippen molar-refractivity contribution in [3.05, 3.63) is 34.0 Å². The molecule has 3 rings (SSSR count). The van der Waals surface area contributed by atoms with E-state index in [9.17, 15) is 14.4 Å². The van der Waals surface area contributed by atoms with Crippen molar-refractivity contribution in [2.45, 2.75) is 51.7 Å². The number of nitrogens with zero attached hydrogens (tertiary/aromatic N) is 3. The van der Waals surface area contributed by atoms with Gasteiger partial charge in [0.2, 0.25) is 0 Å². The van der Waals surface area contributed by atoms with Gasteiger partial charge in [-0.25, -0.2) is 9.31 Å². The van der Waals surface area contributed by atoms with Crippen LogP contribution >= 0.6 is 0 Å². The topological polar surface area (TPSA) is 123 Å². The number of nitrogens with one attached hydrogen (secondary N) is 1. The quantitative estimate of drug-likeness (QED) is 0.836. The molecule has 0 bridgehead atoms. The fraction of sp³-hybridized carbons (Fsp3) is 0.529. The number of rotatable bonds is 2. The highest BCUT2D eigenvalue weighted by molar-refractivity contribution is 5.99. The zero-order chi connectivity index (χ0) is 19.3. The fourth-order valence-corrected chi connectivity index (χ4v) is 3.29. The molecule has 2 aromatic heterocycles. The normalized spacial score (nSPS) is 20.5. The van der Waals surface area contributed by atoms with E-state index in [1.165, 1.54) is 16.8 Å². The number of fused-ring (bicyclic) bond motifs is 1. The molecule has 3 N–H and O–H groups in total. The maximum Gasteiger partial charge on any atom is 0.411 e. The first kappa shape index (κ1) is 18.0. The molecule has 140 valence electrons. The van der Waals surface area contributed by atoms with E-state index in [4.69, 9.17) is 10.5 Å². The van der Waals surface area contributed by atoms with Gasteiger partial charge in [-0.3, -0.25) is 14.5 Å². The molecule has 0 radical (unpaired) electrons. The molecule has 1 atom stereocenters. The molecule has 1 saturated heterocycles. The van der Waals surface area contributed by atoms with Gasteiger partial charge in [-0.1, -0.05) is 0 Å². The summed E-state index contributed by atoms with van der Waals surface area (Å²) in [6.07, 6.45) is 2.44. The summed E-state index contributed by atoms with van der Waals surface area (Å²) < 4.78 is 6.82. The standard InChI is InChI=1S/C17H23N5O4/c1-16(2,3)26-15(25)21-8-5-7-17(21,4)14-19-13(24)11-10(12(18)23)6-9-22(11)20-14/h6,9H,5,7-8H2,1-4H3,(H2,18,23)(H,19,20,24)/t17-/m0/s1. The highest BCUT2D eigenvalue weighted by atomic mass is 16.6. The smallest absolute Gasteiger partial charge is 0.411 e. The van der Waals surface area contributed by atoms with Gasteiger partial charge in [0.15, 0.2) is 5.82 Å². The number of ether oxygens (including phenoxy) is 1. The lowest BCUT2D eigenvalue weighted by Gasteiger charge is -2.35. The number of aromatic nitrogens is 3. The number of nitrogens with two attached hydrogens (primary N) is 1. The Morgan fingerprint density at radius 2 is 2.08 bits per heavy atom. The molecule has 0 spiro atoms. The third-order valence-corrected chi connectivity index (χ3v) is 4.55. The zero-order valence-electron chi connectivity index (χ0n) is 15.3. The Kier molecular flexibility index (Phi) is 4.05. The number of amides is 2. The van der Waals surface area contributed by atoms with Gasteiger partial charge in [0.1, 0.15) is 16.7 Å². The molecule has 2 amide bonds. The van der Waals surface area contributed by atoms with Gasteiger partial charge >= 0.3 is 6.09 Å². The molecular formula is C17H23N5O4. The summed E-state index contributed by atoms with van der Waals surface area (Å²) in [4.78, 5) is 40.9. The Hall–Kier alpha value is -2.84. The maximum atomic E-state index is 12.6. The van der Waals surface area contributed by atoms with Gasteiger partial charge in [-0.15, -0.1) is 0 Å². The van der Waals surface area contributed by atoms with E-state index in [0.717, 1.165) is 6.42 Å². The van der Waals surface area contributed by atoms with Gasteiger partial charge < -0.3 is 15.5 Å². The number of carbonyl (C=O) groups excluding carboxylic acids is 2. The summed E-state index contributed by atoms with van der Waals surface area (Å²) in [5.41, 5.74) is 3.57. The van der Waals surface area contributed by atoms with E-state index in [-0.39, 0.29) is 11.1 Å². The lowest BCUT2D eigenvalue weighted by atomic mass is 9.98. The summed E-state index contributed by atoms with van der Waals surface area (Å²) in [5.74, 6) is -0.361. The molecule has 1 aliphatic heterocycles. The van der Waals surface area contributed by atoms with E-state index in [1.54, 1.807) is 25.7 Å². The minimum Gasteiger partial charge on any atom is -0.444 e. The van der Waals surface area contributed by atoms with Crippen LogP contribution in [0.1, 0.15) is 56.7 Å². The summed E-state index contributed by atoms with van der Waals surface area (Å²) in [6, 6.07) is 1.45. The molecule has 9 heteroatoms. The minimum atomic E-state index is -0.813. The van der Waals surface area contributed by atoms with E-state index in [0.29, 0.717) is 18.8 Å². The Bertz CT molecular complexity index is 939. The zero-order valence-corrected chi connectivity index (χ0v) is 15.3. The average molecular weight is 361 g/mol. The van der Waals surface area contributed by atoms with Crippen molar-refractivity contribution in [2.24, 2.45) is 5.73 Å². The van der Waals surface area contributed by atoms with Crippen molar-refractivity contribution in [1.82, 2.24) is 19.5 Å². The average Bonchev–Trinajstić information content (AvgIpc) is 3.10. The monoisotopic (exact) mass is 361 g/mol. The van der Waals surface area contributed by atoms with E-state index in [2.05, 4.69) is 10.1 Å². The lowest BCUT2D eigenvalue weighted by Crippen LogP contribution is -2.47. The van der Waals surface area contributed by atoms with Gasteiger partial charge in [0.25, 0.3) is 11.5 Å². The van der Waals surface area contributed by atoms with Gasteiger partial charge in [0, 0.05) is 12.7 Å². The van der Waals surface area contributed by atoms with Crippen LogP contribution in [-0.4, -0.2) is 43.6 Å². The predicted octanol–water partition coefficient (Wildman–Crippen LogP) is 1.37. The minimum absolute atomic E-state index is 0.0895. The summed E-state index contributed by atoms with van der Waals surface area (Å²) in [7, 11) is 0. The number of hydrogen-bond acceptors (Lipinski definition) is 5. The van der Waals surface area contributed by atoms with Crippen molar-refractivity contribution < 1.29 is 14.3 Å². The number of hydrogen-bond donors (Lipinski definition) is 2. The Morgan fingerprint density at radius 1 is 1.38 bits per heavy atom. The maximum absolute atomic E-state index is 12.6. The van der Waals surface area contributed by atoms with Crippen molar-refractivity contribution in [3.63, 3.8) is 0 Å². The van der Waals surface area contributed by atoms with Gasteiger partial charge in [0.05, 0.1) is 5.56 Å². The van der Waals surface area contributed by atoms with Crippen molar-refractivity contribution in [3.8, 4) is 0 Å². The lowest BCUT2D eigenvalue weighted by molar-refractivity contribution is 0.00829. The summed E-state index contributed by atoms with van der Waals surface area (Å²) >= 11 is 0. The Labute approximate surface area is 150 Å². The van der Waals surface area contributed by atoms with Crippen LogP contribution in [0.15, 0.2) is 17.1 Å². The van der Waals surface area contributed by atoms with Crippen LogP contribution in [0.5, 0.6) is 0 Å². The Morgan fingerprint density at radius 3 is 2.69 bits per heavy atom. The molecule has 3 heterocycles. The molecule has 1 fully saturated rings. The molecule has 0 aromatic carbocycles. The number of primary amides is 1. The predicted molar refractivity (Wildman–Crippen MR) is 93.9 cm³/mol. The number of carbonyl (C=O) groups is 2. The van der Waals surface area contributed by atoms with Gasteiger partial charge in [-0.05, 0) is 46.6 Å². The van der Waals surface area contributed by atoms with Crippen LogP contribution in [0.3, 0.4) is 0 Å². The van der Waals surface area contributed by atoms with Crippen molar-refractivity contribution in [2.75, 3.05) is 6.54 Å². The second-order valence-corrected chi connectivity index (χ2v) is 7.70. The van der Waals surface area contributed by atoms with E-state index < -0.39 is 28.7 Å². The van der Waals surface area contributed by atoms with Gasteiger partial charge in [-0.2, -0.15) is 5.10 Å². The first-order valence-electron chi connectivity index (χ1n) is 8.45. The molecule has 26 heavy (non-hydrogen) atoms. The highest BCUT2D eigenvalue weighted by Gasteiger charge is 2.45. The van der Waals surface area contributed by atoms with Crippen molar-refractivity contribution >= 4 is 17.5 Å². The molecule has 0 unspecified atom stereocenters. The highest BCUT2D eigenvalue weighted by Crippen LogP contribution is 2.37. The number of aromatic amines is 1. The summed E-state index contributed by atoms with van der Waals surface area (Å²) in [6.45, 7) is 7.75. The van der Waals surface area contributed by atoms with Crippen LogP contribution in [-0.2, 0) is 10.3 Å². The second kappa shape index (κ2) is 5.86. The van der Waals surface area contributed by atoms with E-state index >= 15 is 0 Å². The Balaban J connectivity index is 2.05. The molecular weight excluding hydrogens is 338 g/mol. The number of likely N-dealkylation sites (tertiary alicyclic amines) is 1. The van der Waals surface area contributed by atoms with Crippen LogP contribution in [0, 0.1) is 0 Å². The first-order valence-corrected chi connectivity index (χ1v) is 8.45. The largest absolute Gasteiger partial charge is 0.444 e. The molecule has 0 aliphatic carbocycles. The third kappa shape index (κ3) is 2.93. The number of H-pyrrole nitrogens is 1. The van der Waals surface area contributed by atoms with Crippen LogP contribution in [0.25, 0.3) is 5.52 Å². The fourth-order valence-electron chi connectivity index (χ4n) is 3.29. The molecule has 0 saturated carbocycles.